The highest BCUT2D eigenvalue weighted by molar-refractivity contribution is 7.49. The van der Waals surface area contributed by atoms with Crippen LogP contribution in [0.4, 0.5) is 0 Å². The third kappa shape index (κ3) is 9.37. The Kier molecular flexibility index (Phi) is 10.3. The van der Waals surface area contributed by atoms with E-state index in [2.05, 4.69) is 18.7 Å². The van der Waals surface area contributed by atoms with E-state index in [0.29, 0.717) is 23.8 Å². The van der Waals surface area contributed by atoms with Gasteiger partial charge in [0.25, 0.3) is 0 Å². The van der Waals surface area contributed by atoms with Crippen molar-refractivity contribution in [2.75, 3.05) is 13.2 Å². The lowest BCUT2D eigenvalue weighted by Gasteiger charge is -2.27. The molecule has 0 saturated heterocycles. The monoisotopic (exact) mass is 485 g/mol. The zero-order valence-corrected chi connectivity index (χ0v) is 20.7. The molecule has 0 aliphatic heterocycles. The maximum atomic E-state index is 13.4. The number of allylic oxidation sites excluding steroid dienone is 4. The van der Waals surface area contributed by atoms with E-state index in [1.165, 1.54) is 0 Å². The zero-order valence-electron chi connectivity index (χ0n) is 19.1. The van der Waals surface area contributed by atoms with E-state index in [1.807, 2.05) is 26.0 Å². The molecule has 1 aliphatic carbocycles. The van der Waals surface area contributed by atoms with E-state index in [0.717, 1.165) is 12.8 Å². The molecule has 0 spiro atoms. The average molecular weight is 486 g/mol. The Hall–Kier alpha value is -1.79. The van der Waals surface area contributed by atoms with Crippen molar-refractivity contribution in [3.05, 3.63) is 54.3 Å². The van der Waals surface area contributed by atoms with Crippen molar-refractivity contribution in [2.45, 2.75) is 53.0 Å². The fourth-order valence-corrected chi connectivity index (χ4v) is 4.77. The first-order chi connectivity index (χ1) is 15.1. The number of phosphoric acid groups is 1. The maximum absolute atomic E-state index is 13.4. The molecule has 0 heterocycles. The molecule has 2 rings (SSSR count). The van der Waals surface area contributed by atoms with Crippen LogP contribution in [0.25, 0.3) is 0 Å². The van der Waals surface area contributed by atoms with Crippen LogP contribution in [-0.2, 0) is 23.1 Å². The van der Waals surface area contributed by atoms with Gasteiger partial charge in [-0.05, 0) is 54.2 Å². The Morgan fingerprint density at radius 2 is 1.94 bits per heavy atom. The quantitative estimate of drug-likeness (QED) is 0.203. The topological polar surface area (TPSA) is 83.1 Å². The SMILES string of the molecule is CC(C)CC(C)(C)COC(=O)C(COP(=O)(OC1=CC=CCC1)Oc1ccccc1)NCl. The minimum absolute atomic E-state index is 0.183. The highest BCUT2D eigenvalue weighted by Crippen LogP contribution is 2.52. The number of ether oxygens (including phenoxy) is 1. The van der Waals surface area contributed by atoms with Crippen molar-refractivity contribution in [1.29, 1.82) is 0 Å². The maximum Gasteiger partial charge on any atom is 0.587 e. The largest absolute Gasteiger partial charge is 0.587 e. The molecule has 0 fully saturated rings. The van der Waals surface area contributed by atoms with Gasteiger partial charge in [0.1, 0.15) is 17.6 Å². The molecule has 0 radical (unpaired) electrons. The summed E-state index contributed by atoms with van der Waals surface area (Å²) in [7, 11) is -4.10. The number of halogens is 1. The van der Waals surface area contributed by atoms with E-state index in [1.54, 1.807) is 36.4 Å². The van der Waals surface area contributed by atoms with E-state index in [9.17, 15) is 9.36 Å². The second-order valence-electron chi connectivity index (χ2n) is 8.87. The minimum Gasteiger partial charge on any atom is -0.464 e. The smallest absolute Gasteiger partial charge is 0.464 e. The molecule has 1 aromatic carbocycles. The van der Waals surface area contributed by atoms with E-state index >= 15 is 0 Å². The number of hydrogen-bond donors (Lipinski definition) is 1. The molecule has 2 unspecified atom stereocenters. The highest BCUT2D eigenvalue weighted by Gasteiger charge is 2.35. The number of rotatable bonds is 13. The predicted molar refractivity (Wildman–Crippen MR) is 125 cm³/mol. The number of benzene rings is 1. The Balaban J connectivity index is 2.03. The predicted octanol–water partition coefficient (Wildman–Crippen LogP) is 6.17. The average Bonchev–Trinajstić information content (AvgIpc) is 2.73. The summed E-state index contributed by atoms with van der Waals surface area (Å²) < 4.78 is 35.5. The molecule has 7 nitrogen and oxygen atoms in total. The van der Waals surface area contributed by atoms with Crippen LogP contribution in [0.3, 0.4) is 0 Å². The third-order valence-corrected chi connectivity index (χ3v) is 6.17. The molecule has 2 atom stereocenters. The molecule has 1 aliphatic rings. The highest BCUT2D eigenvalue weighted by atomic mass is 35.5. The third-order valence-electron chi connectivity index (χ3n) is 4.55. The molecule has 0 bridgehead atoms. The fourth-order valence-electron chi connectivity index (χ4n) is 3.32. The lowest BCUT2D eigenvalue weighted by Crippen LogP contribution is -2.38. The van der Waals surface area contributed by atoms with Crippen LogP contribution in [0.15, 0.2) is 54.3 Å². The van der Waals surface area contributed by atoms with Crippen molar-refractivity contribution < 1.29 is 27.7 Å². The summed E-state index contributed by atoms with van der Waals surface area (Å²) in [4.78, 5) is 14.9. The first kappa shape index (κ1) is 26.5. The number of nitrogens with one attached hydrogen (secondary N) is 1. The van der Waals surface area contributed by atoms with E-state index < -0.39 is 19.8 Å². The molecule has 0 aromatic heterocycles. The summed E-state index contributed by atoms with van der Waals surface area (Å²) in [5.74, 6) is 0.648. The number of carbonyl (C=O) groups excluding carboxylic acids is 1. The molecule has 1 N–H and O–H groups in total. The van der Waals surface area contributed by atoms with Crippen LogP contribution in [0.5, 0.6) is 5.75 Å². The number of esters is 1. The van der Waals surface area contributed by atoms with Crippen LogP contribution in [0.2, 0.25) is 0 Å². The van der Waals surface area contributed by atoms with Crippen LogP contribution in [0, 0.1) is 11.3 Å². The van der Waals surface area contributed by atoms with Gasteiger partial charge in [-0.25, -0.2) is 9.40 Å². The van der Waals surface area contributed by atoms with Gasteiger partial charge in [-0.1, -0.05) is 58.0 Å². The standard InChI is InChI=1S/C23H33ClNO6P/c1-18(2)15-23(3,4)17-28-22(26)21(25-24)16-29-32(27,30-19-11-7-5-8-12-19)31-20-13-9-6-10-14-20/h5-9,11-13,18,21,25H,10,14-17H2,1-4H3. The van der Waals surface area contributed by atoms with Gasteiger partial charge in [0.15, 0.2) is 0 Å². The first-order valence-electron chi connectivity index (χ1n) is 10.7. The lowest BCUT2D eigenvalue weighted by molar-refractivity contribution is -0.149. The fraction of sp³-hybridized carbons (Fsp3) is 0.522. The molecule has 0 saturated carbocycles. The first-order valence-corrected chi connectivity index (χ1v) is 12.5. The van der Waals surface area contributed by atoms with Crippen LogP contribution in [-0.4, -0.2) is 25.2 Å². The van der Waals surface area contributed by atoms with E-state index in [4.69, 9.17) is 30.1 Å². The summed E-state index contributed by atoms with van der Waals surface area (Å²) in [6, 6.07) is 7.50. The summed E-state index contributed by atoms with van der Waals surface area (Å²) in [5.41, 5.74) is -0.183. The normalized spacial score (nSPS) is 16.8. The van der Waals surface area contributed by atoms with Gasteiger partial charge in [0.05, 0.1) is 13.2 Å². The summed E-state index contributed by atoms with van der Waals surface area (Å²) in [6.45, 7) is 8.15. The summed E-state index contributed by atoms with van der Waals surface area (Å²) in [5, 5.41) is 0. The Labute approximate surface area is 195 Å². The Bertz CT molecular complexity index is 840. The molecular formula is C23H33ClNO6P. The molecule has 0 amide bonds. The number of para-hydroxylation sites is 1. The summed E-state index contributed by atoms with van der Waals surface area (Å²) >= 11 is 5.76. The van der Waals surface area contributed by atoms with Crippen molar-refractivity contribution in [2.24, 2.45) is 11.3 Å². The second kappa shape index (κ2) is 12.4. The lowest BCUT2D eigenvalue weighted by atomic mass is 9.85. The molecule has 178 valence electrons. The molecule has 1 aromatic rings. The van der Waals surface area contributed by atoms with Gasteiger partial charge in [-0.3, -0.25) is 9.32 Å². The van der Waals surface area contributed by atoms with Gasteiger partial charge in [-0.2, -0.15) is 0 Å². The Morgan fingerprint density at radius 3 is 2.53 bits per heavy atom. The van der Waals surface area contributed by atoms with Gasteiger partial charge in [-0.15, -0.1) is 0 Å². The van der Waals surface area contributed by atoms with Gasteiger partial charge < -0.3 is 13.8 Å². The van der Waals surface area contributed by atoms with Crippen LogP contribution in [0.1, 0.15) is 47.0 Å². The number of carbonyl (C=O) groups is 1. The number of phosphoric ester groups is 1. The van der Waals surface area contributed by atoms with Gasteiger partial charge in [0.2, 0.25) is 0 Å². The molecule has 9 heteroatoms. The van der Waals surface area contributed by atoms with Gasteiger partial charge in [0, 0.05) is 6.42 Å². The van der Waals surface area contributed by atoms with Gasteiger partial charge >= 0.3 is 13.8 Å². The zero-order chi connectivity index (χ0) is 23.6. The summed E-state index contributed by atoms with van der Waals surface area (Å²) in [6.07, 6.45) is 7.70. The van der Waals surface area contributed by atoms with Crippen molar-refractivity contribution >= 4 is 25.6 Å². The van der Waals surface area contributed by atoms with E-state index in [-0.39, 0.29) is 18.6 Å². The Morgan fingerprint density at radius 1 is 1.22 bits per heavy atom. The van der Waals surface area contributed by atoms with Crippen LogP contribution >= 0.6 is 19.6 Å². The van der Waals surface area contributed by atoms with Crippen molar-refractivity contribution in [3.8, 4) is 5.75 Å². The number of hydrogen-bond acceptors (Lipinski definition) is 7. The molecule has 32 heavy (non-hydrogen) atoms. The minimum atomic E-state index is -4.10. The molecular weight excluding hydrogens is 453 g/mol. The van der Waals surface area contributed by atoms with Crippen molar-refractivity contribution in [1.82, 2.24) is 4.84 Å². The second-order valence-corrected chi connectivity index (χ2v) is 10.6. The van der Waals surface area contributed by atoms with Crippen molar-refractivity contribution in [3.63, 3.8) is 0 Å². The van der Waals surface area contributed by atoms with Crippen LogP contribution < -0.4 is 9.36 Å².